The molecule has 6 aromatic rings. The maximum Gasteiger partial charge on any atom is 0.250 e. The highest BCUT2D eigenvalue weighted by Gasteiger charge is 2.12. The number of halogens is 2. The zero-order chi connectivity index (χ0) is 28.5. The van der Waals surface area contributed by atoms with Gasteiger partial charge in [0.2, 0.25) is 5.91 Å². The first-order valence-corrected chi connectivity index (χ1v) is 13.7. The number of hydrogen-bond donors (Lipinski definition) is 2. The fraction of sp³-hybridized carbons (Fsp3) is 0.0323. The van der Waals surface area contributed by atoms with E-state index < -0.39 is 5.91 Å². The van der Waals surface area contributed by atoms with E-state index in [1.165, 1.54) is 6.08 Å². The minimum absolute atomic E-state index is 0.150. The molecule has 0 aliphatic carbocycles. The van der Waals surface area contributed by atoms with E-state index in [2.05, 4.69) is 27.9 Å². The number of carbonyl (C=O) groups is 1. The van der Waals surface area contributed by atoms with Gasteiger partial charge < -0.3 is 9.73 Å². The van der Waals surface area contributed by atoms with Gasteiger partial charge in [-0.05, 0) is 84.7 Å². The molecule has 0 aliphatic heterocycles. The Bertz CT molecular complexity index is 1970. The maximum atomic E-state index is 12.5. The van der Waals surface area contributed by atoms with Crippen LogP contribution >= 0.6 is 35.4 Å². The largest absolute Gasteiger partial charge is 0.457 e. The van der Waals surface area contributed by atoms with E-state index in [-0.39, 0.29) is 5.11 Å². The molecule has 2 aromatic heterocycles. The molecule has 6 rings (SSSR count). The Labute approximate surface area is 250 Å². The van der Waals surface area contributed by atoms with Crippen LogP contribution in [0.4, 0.5) is 5.69 Å². The summed E-state index contributed by atoms with van der Waals surface area (Å²) in [6.45, 7) is 1.94. The lowest BCUT2D eigenvalue weighted by atomic mass is 10.1. The minimum atomic E-state index is -0.410. The molecule has 0 saturated carbocycles. The van der Waals surface area contributed by atoms with Gasteiger partial charge in [0.15, 0.2) is 5.11 Å². The molecule has 2 heterocycles. The Morgan fingerprint density at radius 2 is 1.66 bits per heavy atom. The summed E-state index contributed by atoms with van der Waals surface area (Å²) in [5, 5.41) is 18.5. The van der Waals surface area contributed by atoms with E-state index >= 15 is 0 Å². The van der Waals surface area contributed by atoms with Crippen molar-refractivity contribution in [2.24, 2.45) is 0 Å². The van der Waals surface area contributed by atoms with Crippen LogP contribution in [0.2, 0.25) is 10.0 Å². The van der Waals surface area contributed by atoms with Crippen molar-refractivity contribution in [2.45, 2.75) is 6.92 Å². The molecule has 7 nitrogen and oxygen atoms in total. The van der Waals surface area contributed by atoms with Gasteiger partial charge >= 0.3 is 0 Å². The molecule has 0 unspecified atom stereocenters. The number of aromatic nitrogens is 3. The number of furan rings is 1. The number of aryl methyl sites for hydroxylation is 1. The lowest BCUT2D eigenvalue weighted by molar-refractivity contribution is -0.115. The molecule has 1 amide bonds. The van der Waals surface area contributed by atoms with E-state index in [9.17, 15) is 4.79 Å². The summed E-state index contributed by atoms with van der Waals surface area (Å²) in [6.07, 6.45) is 2.89. The standard InChI is InChI=1S/C31H21Cl2N5O2S/c1-18-13-26-27(37-38(36-26)28-8-4-6-19-5-2-3-7-24(19)28)17-25(18)34-31(41)35-30(39)12-10-23-9-11-29(40-23)20-14-21(32)16-22(33)15-20/h2-17H,1H3,(H2,34,35,39,41)/b12-10+. The number of hydrogen-bond acceptors (Lipinski definition) is 5. The number of rotatable bonds is 5. The van der Waals surface area contributed by atoms with E-state index in [0.29, 0.717) is 32.8 Å². The van der Waals surface area contributed by atoms with Crippen LogP contribution in [0.1, 0.15) is 11.3 Å². The maximum absolute atomic E-state index is 12.5. The molecule has 41 heavy (non-hydrogen) atoms. The quantitative estimate of drug-likeness (QED) is 0.155. The number of thiocarbonyl (C=S) groups is 1. The lowest BCUT2D eigenvalue weighted by Crippen LogP contribution is -2.33. The Kier molecular flexibility index (Phi) is 7.28. The van der Waals surface area contributed by atoms with Crippen molar-refractivity contribution in [1.29, 1.82) is 0 Å². The number of nitrogens with zero attached hydrogens (tertiary/aromatic N) is 3. The Balaban J connectivity index is 1.14. The summed E-state index contributed by atoms with van der Waals surface area (Å²) in [4.78, 5) is 14.2. The molecule has 0 aliphatic rings. The normalized spacial score (nSPS) is 11.4. The van der Waals surface area contributed by atoms with Gasteiger partial charge in [0.05, 0.1) is 5.69 Å². The van der Waals surface area contributed by atoms with Crippen molar-refractivity contribution in [3.8, 4) is 17.0 Å². The van der Waals surface area contributed by atoms with Crippen LogP contribution in [0.15, 0.2) is 95.4 Å². The second-order valence-electron chi connectivity index (χ2n) is 9.28. The molecular weight excluding hydrogens is 577 g/mol. The number of fused-ring (bicyclic) bond motifs is 2. The van der Waals surface area contributed by atoms with E-state index in [1.807, 2.05) is 49.4 Å². The highest BCUT2D eigenvalue weighted by Crippen LogP contribution is 2.29. The lowest BCUT2D eigenvalue weighted by Gasteiger charge is -2.10. The third-order valence-corrected chi connectivity index (χ3v) is 7.01. The van der Waals surface area contributed by atoms with Crippen molar-refractivity contribution in [3.63, 3.8) is 0 Å². The van der Waals surface area contributed by atoms with Crippen molar-refractivity contribution >= 4 is 80.0 Å². The summed E-state index contributed by atoms with van der Waals surface area (Å²) < 4.78 is 5.80. The van der Waals surface area contributed by atoms with Gasteiger partial charge in [0.1, 0.15) is 22.6 Å². The van der Waals surface area contributed by atoms with E-state index in [4.69, 9.17) is 44.9 Å². The molecule has 10 heteroatoms. The molecule has 2 N–H and O–H groups in total. The van der Waals surface area contributed by atoms with Gasteiger partial charge in [-0.25, -0.2) is 0 Å². The molecule has 4 aromatic carbocycles. The second kappa shape index (κ2) is 11.2. The third-order valence-electron chi connectivity index (χ3n) is 6.37. The van der Waals surface area contributed by atoms with E-state index in [1.54, 1.807) is 41.2 Å². The van der Waals surface area contributed by atoms with Crippen LogP contribution in [-0.4, -0.2) is 26.0 Å². The molecule has 0 atom stereocenters. The molecule has 0 radical (unpaired) electrons. The Hall–Kier alpha value is -4.50. The molecule has 0 bridgehead atoms. The SMILES string of the molecule is Cc1cc2nn(-c3cccc4ccccc34)nc2cc1NC(=S)NC(=O)/C=C/c1ccc(-c2cc(Cl)cc(Cl)c2)o1. The topological polar surface area (TPSA) is 85.0 Å². The predicted molar refractivity (Wildman–Crippen MR) is 169 cm³/mol. The summed E-state index contributed by atoms with van der Waals surface area (Å²) in [6, 6.07) is 26.6. The van der Waals surface area contributed by atoms with Gasteiger partial charge in [-0.3, -0.25) is 10.1 Å². The fourth-order valence-electron chi connectivity index (χ4n) is 4.45. The number of amides is 1. The van der Waals surface area contributed by atoms with Crippen molar-refractivity contribution in [1.82, 2.24) is 20.3 Å². The molecule has 0 fully saturated rings. The van der Waals surface area contributed by atoms with Gasteiger partial charge in [-0.1, -0.05) is 59.6 Å². The van der Waals surface area contributed by atoms with Crippen LogP contribution in [0.3, 0.4) is 0 Å². The summed E-state index contributed by atoms with van der Waals surface area (Å²) in [7, 11) is 0. The van der Waals surface area contributed by atoms with Gasteiger partial charge in [0, 0.05) is 32.8 Å². The number of carbonyl (C=O) groups excluding carboxylic acids is 1. The first-order valence-electron chi connectivity index (χ1n) is 12.5. The average Bonchev–Trinajstić information content (AvgIpc) is 3.58. The fourth-order valence-corrected chi connectivity index (χ4v) is 5.19. The van der Waals surface area contributed by atoms with E-state index in [0.717, 1.165) is 33.1 Å². The van der Waals surface area contributed by atoms with Gasteiger partial charge in [-0.15, -0.1) is 15.0 Å². The number of anilines is 1. The van der Waals surface area contributed by atoms with Crippen LogP contribution in [0.5, 0.6) is 0 Å². The van der Waals surface area contributed by atoms with Crippen LogP contribution in [0, 0.1) is 6.92 Å². The number of benzene rings is 4. The second-order valence-corrected chi connectivity index (χ2v) is 10.6. The summed E-state index contributed by atoms with van der Waals surface area (Å²) >= 11 is 17.5. The molecule has 0 spiro atoms. The van der Waals surface area contributed by atoms with Crippen molar-refractivity contribution < 1.29 is 9.21 Å². The van der Waals surface area contributed by atoms with Gasteiger partial charge in [0.25, 0.3) is 0 Å². The minimum Gasteiger partial charge on any atom is -0.457 e. The predicted octanol–water partition coefficient (Wildman–Crippen LogP) is 7.98. The van der Waals surface area contributed by atoms with Crippen LogP contribution in [-0.2, 0) is 4.79 Å². The highest BCUT2D eigenvalue weighted by molar-refractivity contribution is 7.80. The van der Waals surface area contributed by atoms with Crippen molar-refractivity contribution in [2.75, 3.05) is 5.32 Å². The highest BCUT2D eigenvalue weighted by atomic mass is 35.5. The average molecular weight is 599 g/mol. The zero-order valence-electron chi connectivity index (χ0n) is 21.6. The number of nitrogens with one attached hydrogen (secondary N) is 2. The molecular formula is C31H21Cl2N5O2S. The monoisotopic (exact) mass is 597 g/mol. The Morgan fingerprint density at radius 1 is 0.927 bits per heavy atom. The molecule has 0 saturated heterocycles. The summed E-state index contributed by atoms with van der Waals surface area (Å²) in [5.74, 6) is 0.655. The zero-order valence-corrected chi connectivity index (χ0v) is 23.9. The smallest absolute Gasteiger partial charge is 0.250 e. The first-order chi connectivity index (χ1) is 19.8. The molecule has 202 valence electrons. The van der Waals surface area contributed by atoms with Crippen molar-refractivity contribution in [3.05, 3.63) is 112 Å². The Morgan fingerprint density at radius 3 is 2.46 bits per heavy atom. The first kappa shape index (κ1) is 26.7. The third kappa shape index (κ3) is 5.85. The van der Waals surface area contributed by atoms with Gasteiger partial charge in [-0.2, -0.15) is 0 Å². The summed E-state index contributed by atoms with van der Waals surface area (Å²) in [5.41, 5.74) is 4.68. The van der Waals surface area contributed by atoms with Crippen LogP contribution < -0.4 is 10.6 Å². The van der Waals surface area contributed by atoms with Crippen LogP contribution in [0.25, 0.3) is 44.9 Å².